The number of rotatable bonds is 9. The highest BCUT2D eigenvalue weighted by Crippen LogP contribution is 2.37. The zero-order chi connectivity index (χ0) is 18.2. The maximum Gasteiger partial charge on any atom is 0.175 e. The van der Waals surface area contributed by atoms with E-state index in [2.05, 4.69) is 21.2 Å². The monoisotopic (exact) mass is 411 g/mol. The van der Waals surface area contributed by atoms with E-state index in [1.54, 1.807) is 19.2 Å². The molecule has 0 radical (unpaired) electrons. The van der Waals surface area contributed by atoms with Crippen LogP contribution >= 0.6 is 15.9 Å². The molecule has 136 valence electrons. The van der Waals surface area contributed by atoms with E-state index in [1.165, 1.54) is 12.1 Å². The summed E-state index contributed by atoms with van der Waals surface area (Å²) < 4.78 is 25.0. The molecule has 2 aromatic carbocycles. The van der Waals surface area contributed by atoms with Crippen molar-refractivity contribution in [3.05, 3.63) is 57.8 Å². The van der Waals surface area contributed by atoms with Crippen LogP contribution in [0.4, 0.5) is 4.39 Å². The van der Waals surface area contributed by atoms with E-state index in [9.17, 15) is 9.50 Å². The molecule has 0 amide bonds. The average Bonchev–Trinajstić information content (AvgIpc) is 2.62. The molecule has 2 aromatic rings. The average molecular weight is 412 g/mol. The highest BCUT2D eigenvalue weighted by molar-refractivity contribution is 9.10. The quantitative estimate of drug-likeness (QED) is 0.653. The predicted molar refractivity (Wildman–Crippen MR) is 99.4 cm³/mol. The summed E-state index contributed by atoms with van der Waals surface area (Å²) >= 11 is 3.52. The van der Waals surface area contributed by atoms with Gasteiger partial charge in [0.15, 0.2) is 11.5 Å². The molecule has 2 rings (SSSR count). The van der Waals surface area contributed by atoms with Crippen LogP contribution in [0, 0.1) is 5.82 Å². The molecular weight excluding hydrogens is 389 g/mol. The first kappa shape index (κ1) is 19.7. The van der Waals surface area contributed by atoms with Crippen molar-refractivity contribution in [2.75, 3.05) is 13.7 Å². The summed E-state index contributed by atoms with van der Waals surface area (Å²) in [5.74, 6) is 0.947. The van der Waals surface area contributed by atoms with Gasteiger partial charge < -0.3 is 19.9 Å². The van der Waals surface area contributed by atoms with Crippen LogP contribution in [0.1, 0.15) is 24.5 Å². The van der Waals surface area contributed by atoms with E-state index in [-0.39, 0.29) is 18.5 Å². The summed E-state index contributed by atoms with van der Waals surface area (Å²) in [6.07, 6.45) is 0.855. The normalized spacial score (nSPS) is 12.0. The van der Waals surface area contributed by atoms with Gasteiger partial charge in [0.1, 0.15) is 12.4 Å². The van der Waals surface area contributed by atoms with Crippen molar-refractivity contribution in [3.8, 4) is 11.5 Å². The molecule has 1 atom stereocenters. The van der Waals surface area contributed by atoms with E-state index in [4.69, 9.17) is 9.47 Å². The lowest BCUT2D eigenvalue weighted by Gasteiger charge is -2.17. The van der Waals surface area contributed by atoms with Crippen LogP contribution in [0.3, 0.4) is 0 Å². The molecular formula is C19H23BrFNO3. The van der Waals surface area contributed by atoms with Crippen molar-refractivity contribution in [2.24, 2.45) is 0 Å². The van der Waals surface area contributed by atoms with Gasteiger partial charge in [0.05, 0.1) is 18.2 Å². The Hall–Kier alpha value is -1.63. The van der Waals surface area contributed by atoms with Crippen LogP contribution in [0.25, 0.3) is 0 Å². The number of hydrogen-bond acceptors (Lipinski definition) is 4. The SMILES string of the molecule is CC[C@@H](CO)NCc1cc(Br)c(OCc2ccc(F)cc2)c(OC)c1. The molecule has 0 aromatic heterocycles. The fourth-order valence-electron chi connectivity index (χ4n) is 2.35. The second kappa shape index (κ2) is 9.75. The molecule has 0 spiro atoms. The Morgan fingerprint density at radius 3 is 2.52 bits per heavy atom. The number of benzene rings is 2. The molecule has 0 aliphatic heterocycles. The Morgan fingerprint density at radius 2 is 1.92 bits per heavy atom. The van der Waals surface area contributed by atoms with Gasteiger partial charge in [-0.2, -0.15) is 0 Å². The standard InChI is InChI=1S/C19H23BrFNO3/c1-3-16(11-23)22-10-14-8-17(20)19(18(9-14)24-2)25-12-13-4-6-15(21)7-5-13/h4-9,16,22-23H,3,10-12H2,1-2H3/t16-/m0/s1. The molecule has 0 unspecified atom stereocenters. The number of nitrogens with one attached hydrogen (secondary N) is 1. The maximum atomic E-state index is 13.0. The minimum absolute atomic E-state index is 0.0687. The summed E-state index contributed by atoms with van der Waals surface area (Å²) in [4.78, 5) is 0. The highest BCUT2D eigenvalue weighted by atomic mass is 79.9. The van der Waals surface area contributed by atoms with Crippen LogP contribution < -0.4 is 14.8 Å². The fourth-order valence-corrected chi connectivity index (χ4v) is 2.96. The fraction of sp³-hybridized carbons (Fsp3) is 0.368. The van der Waals surface area contributed by atoms with Gasteiger partial charge in [0.2, 0.25) is 0 Å². The Morgan fingerprint density at radius 1 is 1.20 bits per heavy atom. The van der Waals surface area contributed by atoms with Crippen molar-refractivity contribution < 1.29 is 19.0 Å². The molecule has 2 N–H and O–H groups in total. The molecule has 0 heterocycles. The first-order valence-electron chi connectivity index (χ1n) is 8.15. The van der Waals surface area contributed by atoms with Gasteiger partial charge in [-0.15, -0.1) is 0 Å². The van der Waals surface area contributed by atoms with Crippen LogP contribution in [0.5, 0.6) is 11.5 Å². The lowest BCUT2D eigenvalue weighted by molar-refractivity contribution is 0.238. The van der Waals surface area contributed by atoms with Crippen LogP contribution in [0.15, 0.2) is 40.9 Å². The van der Waals surface area contributed by atoms with E-state index < -0.39 is 0 Å². The highest BCUT2D eigenvalue weighted by Gasteiger charge is 2.13. The zero-order valence-corrected chi connectivity index (χ0v) is 16.0. The lowest BCUT2D eigenvalue weighted by atomic mass is 10.1. The van der Waals surface area contributed by atoms with E-state index >= 15 is 0 Å². The third-order valence-corrected chi connectivity index (χ3v) is 4.48. The number of methoxy groups -OCH3 is 1. The van der Waals surface area contributed by atoms with E-state index in [0.717, 1.165) is 22.0 Å². The molecule has 0 fully saturated rings. The van der Waals surface area contributed by atoms with Crippen LogP contribution in [-0.4, -0.2) is 24.9 Å². The molecule has 0 bridgehead atoms. The van der Waals surface area contributed by atoms with Crippen LogP contribution in [-0.2, 0) is 13.2 Å². The number of halogens is 2. The summed E-state index contributed by atoms with van der Waals surface area (Å²) in [6.45, 7) is 3.06. The molecule has 6 heteroatoms. The second-order valence-electron chi connectivity index (χ2n) is 5.69. The van der Waals surface area contributed by atoms with Gasteiger partial charge in [-0.05, 0) is 57.7 Å². The number of hydrogen-bond donors (Lipinski definition) is 2. The molecule has 0 aliphatic rings. The molecule has 0 saturated heterocycles. The van der Waals surface area contributed by atoms with Crippen molar-refractivity contribution in [1.29, 1.82) is 0 Å². The van der Waals surface area contributed by atoms with Gasteiger partial charge in [-0.1, -0.05) is 19.1 Å². The summed E-state index contributed by atoms with van der Waals surface area (Å²) in [5.41, 5.74) is 1.89. The molecule has 4 nitrogen and oxygen atoms in total. The summed E-state index contributed by atoms with van der Waals surface area (Å²) in [5, 5.41) is 12.6. The topological polar surface area (TPSA) is 50.7 Å². The van der Waals surface area contributed by atoms with Gasteiger partial charge in [0.25, 0.3) is 0 Å². The van der Waals surface area contributed by atoms with E-state index in [1.807, 2.05) is 19.1 Å². The van der Waals surface area contributed by atoms with Crippen molar-refractivity contribution in [2.45, 2.75) is 32.5 Å². The summed E-state index contributed by atoms with van der Waals surface area (Å²) in [7, 11) is 1.59. The first-order chi connectivity index (χ1) is 12.1. The largest absolute Gasteiger partial charge is 0.493 e. The Kier molecular flexibility index (Phi) is 7.68. The van der Waals surface area contributed by atoms with Gasteiger partial charge in [-0.3, -0.25) is 0 Å². The third-order valence-electron chi connectivity index (χ3n) is 3.89. The van der Waals surface area contributed by atoms with Crippen molar-refractivity contribution in [1.82, 2.24) is 5.32 Å². The Labute approximate surface area is 156 Å². The molecule has 0 aliphatic carbocycles. The van der Waals surface area contributed by atoms with Gasteiger partial charge in [-0.25, -0.2) is 4.39 Å². The zero-order valence-electron chi connectivity index (χ0n) is 14.4. The Bertz CT molecular complexity index is 675. The molecule has 0 saturated carbocycles. The number of ether oxygens (including phenoxy) is 2. The van der Waals surface area contributed by atoms with Crippen molar-refractivity contribution >= 4 is 15.9 Å². The number of aliphatic hydroxyl groups excluding tert-OH is 1. The smallest absolute Gasteiger partial charge is 0.175 e. The third kappa shape index (κ3) is 5.70. The first-order valence-corrected chi connectivity index (χ1v) is 8.94. The minimum atomic E-state index is -0.271. The lowest BCUT2D eigenvalue weighted by Crippen LogP contribution is -2.31. The second-order valence-corrected chi connectivity index (χ2v) is 6.55. The minimum Gasteiger partial charge on any atom is -0.493 e. The van der Waals surface area contributed by atoms with Crippen molar-refractivity contribution in [3.63, 3.8) is 0 Å². The maximum absolute atomic E-state index is 13.0. The Balaban J connectivity index is 2.09. The van der Waals surface area contributed by atoms with Gasteiger partial charge >= 0.3 is 0 Å². The van der Waals surface area contributed by atoms with E-state index in [0.29, 0.717) is 24.7 Å². The number of aliphatic hydroxyl groups is 1. The molecule has 25 heavy (non-hydrogen) atoms. The van der Waals surface area contributed by atoms with Crippen LogP contribution in [0.2, 0.25) is 0 Å². The predicted octanol–water partition coefficient (Wildman–Crippen LogP) is 4.04. The van der Waals surface area contributed by atoms with Gasteiger partial charge in [0, 0.05) is 12.6 Å². The summed E-state index contributed by atoms with van der Waals surface area (Å²) in [6, 6.07) is 10.1.